The fourth-order valence-corrected chi connectivity index (χ4v) is 3.94. The quantitative estimate of drug-likeness (QED) is 0.657. The Kier molecular flexibility index (Phi) is 7.22. The topological polar surface area (TPSA) is 41.6 Å². The van der Waals surface area contributed by atoms with Crippen LogP contribution in [0.15, 0.2) is 42.5 Å². The highest BCUT2D eigenvalue weighted by atomic mass is 35.5. The van der Waals surface area contributed by atoms with E-state index < -0.39 is 0 Å². The molecule has 28 heavy (non-hydrogen) atoms. The number of likely N-dealkylation sites (tertiary alicyclic amines) is 1. The summed E-state index contributed by atoms with van der Waals surface area (Å²) >= 11 is 12.6. The number of amides is 1. The third-order valence-corrected chi connectivity index (χ3v) is 5.58. The van der Waals surface area contributed by atoms with Crippen molar-refractivity contribution in [2.45, 2.75) is 39.3 Å². The van der Waals surface area contributed by atoms with Gasteiger partial charge in [0.2, 0.25) is 5.91 Å². The summed E-state index contributed by atoms with van der Waals surface area (Å²) < 4.78 is 5.69. The molecule has 1 aliphatic heterocycles. The molecule has 0 atom stereocenters. The summed E-state index contributed by atoms with van der Waals surface area (Å²) in [4.78, 5) is 15.0. The molecule has 0 aliphatic carbocycles. The van der Waals surface area contributed by atoms with E-state index in [0.717, 1.165) is 42.9 Å². The van der Waals surface area contributed by atoms with Crippen LogP contribution in [0.3, 0.4) is 0 Å². The number of nitrogens with zero attached hydrogens (tertiary/aromatic N) is 1. The van der Waals surface area contributed by atoms with Gasteiger partial charge in [0.25, 0.3) is 0 Å². The van der Waals surface area contributed by atoms with Crippen molar-refractivity contribution in [3.05, 3.63) is 58.1 Å². The van der Waals surface area contributed by atoms with E-state index >= 15 is 0 Å². The summed E-state index contributed by atoms with van der Waals surface area (Å²) in [7, 11) is 0. The summed E-state index contributed by atoms with van der Waals surface area (Å²) in [6.45, 7) is 6.36. The maximum atomic E-state index is 12.7. The highest BCUT2D eigenvalue weighted by molar-refractivity contribution is 6.35. The fourth-order valence-electron chi connectivity index (χ4n) is 3.42. The monoisotopic (exact) mass is 420 g/mol. The number of rotatable bonds is 6. The molecule has 0 unspecified atom stereocenters. The number of hydrogen-bond donors (Lipinski definition) is 1. The molecule has 3 rings (SSSR count). The summed E-state index contributed by atoms with van der Waals surface area (Å²) in [6, 6.07) is 13.1. The highest BCUT2D eigenvalue weighted by Crippen LogP contribution is 2.28. The predicted octanol–water partition coefficient (Wildman–Crippen LogP) is 5.63. The maximum Gasteiger partial charge on any atom is 0.227 e. The van der Waals surface area contributed by atoms with Crippen molar-refractivity contribution < 1.29 is 9.53 Å². The van der Waals surface area contributed by atoms with E-state index in [9.17, 15) is 4.79 Å². The summed E-state index contributed by atoms with van der Waals surface area (Å²) in [5.41, 5.74) is 1.73. The molecule has 1 amide bonds. The summed E-state index contributed by atoms with van der Waals surface area (Å²) in [5, 5.41) is 4.41. The Morgan fingerprint density at radius 2 is 1.79 bits per heavy atom. The average Bonchev–Trinajstić information content (AvgIpc) is 2.65. The summed E-state index contributed by atoms with van der Waals surface area (Å²) in [6.07, 6.45) is 1.73. The van der Waals surface area contributed by atoms with Crippen molar-refractivity contribution in [2.24, 2.45) is 5.92 Å². The van der Waals surface area contributed by atoms with Crippen LogP contribution in [0.4, 0.5) is 5.69 Å². The standard InChI is InChI=1S/C22H26Cl2N2O2/c1-15(2)28-18-6-3-5-17(13-18)25-22(27)16-9-11-26(12-10-16)14-19-20(23)7-4-8-21(19)24/h3-8,13,15-16H,9-12,14H2,1-2H3,(H,25,27). The van der Waals surface area contributed by atoms with Crippen LogP contribution in [0.1, 0.15) is 32.3 Å². The normalized spacial score (nSPS) is 15.6. The lowest BCUT2D eigenvalue weighted by molar-refractivity contribution is -0.121. The first-order valence-corrected chi connectivity index (χ1v) is 10.4. The summed E-state index contributed by atoms with van der Waals surface area (Å²) in [5.74, 6) is 0.837. The number of anilines is 1. The van der Waals surface area contributed by atoms with Gasteiger partial charge in [-0.1, -0.05) is 35.3 Å². The maximum absolute atomic E-state index is 12.7. The number of piperidine rings is 1. The number of halogens is 2. The van der Waals surface area contributed by atoms with Crippen LogP contribution in [0.2, 0.25) is 10.0 Å². The molecular formula is C22H26Cl2N2O2. The van der Waals surface area contributed by atoms with Gasteiger partial charge >= 0.3 is 0 Å². The number of benzene rings is 2. The van der Waals surface area contributed by atoms with Gasteiger partial charge in [-0.15, -0.1) is 0 Å². The zero-order valence-electron chi connectivity index (χ0n) is 16.3. The second kappa shape index (κ2) is 9.64. The van der Waals surface area contributed by atoms with Gasteiger partial charge in [-0.05, 0) is 64.0 Å². The van der Waals surface area contributed by atoms with Gasteiger partial charge in [0.15, 0.2) is 0 Å². The number of carbonyl (C=O) groups is 1. The number of hydrogen-bond acceptors (Lipinski definition) is 3. The third kappa shape index (κ3) is 5.63. The Balaban J connectivity index is 1.53. The largest absolute Gasteiger partial charge is 0.491 e. The highest BCUT2D eigenvalue weighted by Gasteiger charge is 2.25. The molecule has 0 saturated carbocycles. The molecule has 6 heteroatoms. The lowest BCUT2D eigenvalue weighted by Gasteiger charge is -2.31. The zero-order chi connectivity index (χ0) is 20.1. The van der Waals surface area contributed by atoms with Crippen molar-refractivity contribution >= 4 is 34.8 Å². The molecule has 2 aromatic carbocycles. The van der Waals surface area contributed by atoms with Crippen molar-refractivity contribution in [1.82, 2.24) is 4.90 Å². The van der Waals surface area contributed by atoms with Crippen LogP contribution in [0.25, 0.3) is 0 Å². The van der Waals surface area contributed by atoms with Crippen molar-refractivity contribution in [3.8, 4) is 5.75 Å². The molecule has 150 valence electrons. The van der Waals surface area contributed by atoms with E-state index in [1.54, 1.807) is 0 Å². The lowest BCUT2D eigenvalue weighted by Crippen LogP contribution is -2.37. The average molecular weight is 421 g/mol. The Labute approximate surface area is 176 Å². The number of carbonyl (C=O) groups excluding carboxylic acids is 1. The van der Waals surface area contributed by atoms with Crippen molar-refractivity contribution in [1.29, 1.82) is 0 Å². The van der Waals surface area contributed by atoms with E-state index in [0.29, 0.717) is 16.6 Å². The van der Waals surface area contributed by atoms with Crippen LogP contribution in [0, 0.1) is 5.92 Å². The number of ether oxygens (including phenoxy) is 1. The first-order chi connectivity index (χ1) is 13.4. The molecule has 0 bridgehead atoms. The molecule has 0 aromatic heterocycles. The minimum Gasteiger partial charge on any atom is -0.491 e. The minimum absolute atomic E-state index is 0.00707. The van der Waals surface area contributed by atoms with Gasteiger partial charge in [0.05, 0.1) is 6.10 Å². The molecule has 0 spiro atoms. The SMILES string of the molecule is CC(C)Oc1cccc(NC(=O)C2CCN(Cc3c(Cl)cccc3Cl)CC2)c1. The van der Waals surface area contributed by atoms with Crippen LogP contribution in [-0.4, -0.2) is 30.0 Å². The van der Waals surface area contributed by atoms with Gasteiger partial charge < -0.3 is 10.1 Å². The Hall–Kier alpha value is -1.75. The molecule has 4 nitrogen and oxygen atoms in total. The van der Waals surface area contributed by atoms with E-state index in [4.69, 9.17) is 27.9 Å². The van der Waals surface area contributed by atoms with Crippen LogP contribution in [0.5, 0.6) is 5.75 Å². The third-order valence-electron chi connectivity index (χ3n) is 4.88. The van der Waals surface area contributed by atoms with Gasteiger partial charge in [-0.25, -0.2) is 0 Å². The van der Waals surface area contributed by atoms with Crippen LogP contribution >= 0.6 is 23.2 Å². The molecule has 0 radical (unpaired) electrons. The zero-order valence-corrected chi connectivity index (χ0v) is 17.8. The fraction of sp³-hybridized carbons (Fsp3) is 0.409. The Morgan fingerprint density at radius 1 is 1.14 bits per heavy atom. The molecular weight excluding hydrogens is 395 g/mol. The van der Waals surface area contributed by atoms with E-state index in [1.165, 1.54) is 0 Å². The Morgan fingerprint density at radius 3 is 2.43 bits per heavy atom. The lowest BCUT2D eigenvalue weighted by atomic mass is 9.95. The minimum atomic E-state index is 0.00707. The van der Waals surface area contributed by atoms with Crippen molar-refractivity contribution in [3.63, 3.8) is 0 Å². The van der Waals surface area contributed by atoms with E-state index in [1.807, 2.05) is 56.3 Å². The van der Waals surface area contributed by atoms with Crippen LogP contribution in [-0.2, 0) is 11.3 Å². The predicted molar refractivity (Wildman–Crippen MR) is 115 cm³/mol. The van der Waals surface area contributed by atoms with Gasteiger partial charge in [-0.2, -0.15) is 0 Å². The van der Waals surface area contributed by atoms with Gasteiger partial charge in [0.1, 0.15) is 5.75 Å². The number of nitrogens with one attached hydrogen (secondary N) is 1. The Bertz CT molecular complexity index is 798. The first kappa shape index (κ1) is 21.0. The molecule has 1 fully saturated rings. The molecule has 1 N–H and O–H groups in total. The van der Waals surface area contributed by atoms with E-state index in [2.05, 4.69) is 10.2 Å². The van der Waals surface area contributed by atoms with Crippen molar-refractivity contribution in [2.75, 3.05) is 18.4 Å². The molecule has 1 aliphatic rings. The first-order valence-electron chi connectivity index (χ1n) is 9.65. The smallest absolute Gasteiger partial charge is 0.227 e. The van der Waals surface area contributed by atoms with E-state index in [-0.39, 0.29) is 17.9 Å². The second-order valence-electron chi connectivity index (χ2n) is 7.43. The second-order valence-corrected chi connectivity index (χ2v) is 8.25. The van der Waals surface area contributed by atoms with Gasteiger partial charge in [-0.3, -0.25) is 9.69 Å². The van der Waals surface area contributed by atoms with Gasteiger partial charge in [0, 0.05) is 39.8 Å². The van der Waals surface area contributed by atoms with Crippen LogP contribution < -0.4 is 10.1 Å². The molecule has 2 aromatic rings. The molecule has 1 saturated heterocycles. The molecule has 1 heterocycles.